The van der Waals surface area contributed by atoms with Crippen molar-refractivity contribution in [3.05, 3.63) is 38.6 Å². The van der Waals surface area contributed by atoms with Gasteiger partial charge in [0, 0.05) is 20.8 Å². The monoisotopic (exact) mass is 314 g/mol. The molecule has 0 radical (unpaired) electrons. The van der Waals surface area contributed by atoms with E-state index in [1.807, 2.05) is 6.92 Å². The van der Waals surface area contributed by atoms with Crippen LogP contribution < -0.4 is 5.32 Å². The van der Waals surface area contributed by atoms with E-state index >= 15 is 0 Å². The average Bonchev–Trinajstić information content (AvgIpc) is 2.87. The van der Waals surface area contributed by atoms with E-state index in [1.165, 1.54) is 4.88 Å². The number of rotatable bonds is 4. The number of oxazole rings is 1. The first-order valence-electron chi connectivity index (χ1n) is 5.48. The number of aryl methyl sites for hydroxylation is 1. The maximum atomic E-state index is 5.51. The van der Waals surface area contributed by atoms with E-state index in [0.29, 0.717) is 0 Å². The number of thiophene rings is 1. The predicted molar refractivity (Wildman–Crippen MR) is 73.2 cm³/mol. The molecular weight excluding hydrogens is 300 g/mol. The largest absolute Gasteiger partial charge is 0.444 e. The molecular formula is C12H15BrN2OS. The summed E-state index contributed by atoms with van der Waals surface area (Å²) in [6, 6.07) is 2.53. The van der Waals surface area contributed by atoms with Crippen molar-refractivity contribution in [2.75, 3.05) is 0 Å². The molecule has 1 N–H and O–H groups in total. The molecule has 2 heterocycles. The van der Waals surface area contributed by atoms with Crippen LogP contribution in [-0.4, -0.2) is 4.98 Å². The van der Waals surface area contributed by atoms with Crippen LogP contribution in [0.25, 0.3) is 0 Å². The van der Waals surface area contributed by atoms with Crippen molar-refractivity contribution in [2.24, 2.45) is 0 Å². The summed E-state index contributed by atoms with van der Waals surface area (Å²) < 4.78 is 6.64. The summed E-state index contributed by atoms with van der Waals surface area (Å²) in [5.41, 5.74) is 0. The molecule has 92 valence electrons. The zero-order chi connectivity index (χ0) is 12.4. The lowest BCUT2D eigenvalue weighted by Crippen LogP contribution is -2.22. The maximum absolute atomic E-state index is 5.51. The quantitative estimate of drug-likeness (QED) is 0.918. The molecule has 2 aromatic heterocycles. The smallest absolute Gasteiger partial charge is 0.211 e. The minimum absolute atomic E-state index is 0.111. The fraction of sp³-hybridized carbons (Fsp3) is 0.417. The second-order valence-corrected chi connectivity index (χ2v) is 5.94. The molecule has 0 amide bonds. The highest BCUT2D eigenvalue weighted by molar-refractivity contribution is 9.10. The summed E-state index contributed by atoms with van der Waals surface area (Å²) in [4.78, 5) is 5.53. The summed E-state index contributed by atoms with van der Waals surface area (Å²) in [5.74, 6) is 1.59. The molecule has 0 aliphatic carbocycles. The normalized spacial score (nSPS) is 14.8. The molecule has 0 fully saturated rings. The van der Waals surface area contributed by atoms with Gasteiger partial charge in [-0.25, -0.2) is 4.98 Å². The van der Waals surface area contributed by atoms with Crippen molar-refractivity contribution in [3.8, 4) is 0 Å². The van der Waals surface area contributed by atoms with E-state index in [9.17, 15) is 0 Å². The number of hydrogen-bond acceptors (Lipinski definition) is 4. The van der Waals surface area contributed by atoms with Gasteiger partial charge >= 0.3 is 0 Å². The van der Waals surface area contributed by atoms with Crippen molar-refractivity contribution in [1.29, 1.82) is 0 Å². The molecule has 0 aliphatic rings. The average molecular weight is 315 g/mol. The molecule has 0 spiro atoms. The summed E-state index contributed by atoms with van der Waals surface area (Å²) in [5, 5.41) is 5.56. The van der Waals surface area contributed by atoms with Gasteiger partial charge in [-0.05, 0) is 42.8 Å². The first-order chi connectivity index (χ1) is 8.06. The van der Waals surface area contributed by atoms with Gasteiger partial charge in [-0.15, -0.1) is 11.3 Å². The van der Waals surface area contributed by atoms with Crippen LogP contribution in [0.5, 0.6) is 0 Å². The van der Waals surface area contributed by atoms with Gasteiger partial charge in [0.15, 0.2) is 0 Å². The van der Waals surface area contributed by atoms with Crippen LogP contribution in [0.2, 0.25) is 0 Å². The third-order valence-corrected chi connectivity index (χ3v) is 4.40. The number of aromatic nitrogens is 1. The lowest BCUT2D eigenvalue weighted by atomic mass is 10.2. The second kappa shape index (κ2) is 5.33. The molecule has 0 aromatic carbocycles. The van der Waals surface area contributed by atoms with Crippen molar-refractivity contribution < 1.29 is 4.42 Å². The maximum Gasteiger partial charge on any atom is 0.211 e. The molecule has 0 saturated carbocycles. The first kappa shape index (κ1) is 12.8. The Morgan fingerprint density at radius 1 is 1.41 bits per heavy atom. The zero-order valence-electron chi connectivity index (χ0n) is 10.0. The fourth-order valence-electron chi connectivity index (χ4n) is 1.66. The predicted octanol–water partition coefficient (Wildman–Crippen LogP) is 4.22. The Morgan fingerprint density at radius 3 is 2.71 bits per heavy atom. The third kappa shape index (κ3) is 3.18. The van der Waals surface area contributed by atoms with E-state index < -0.39 is 0 Å². The Bertz CT molecular complexity index is 450. The van der Waals surface area contributed by atoms with Crippen LogP contribution in [0.15, 0.2) is 26.5 Å². The lowest BCUT2D eigenvalue weighted by molar-refractivity contribution is 0.382. The van der Waals surface area contributed by atoms with Crippen molar-refractivity contribution in [3.63, 3.8) is 0 Å². The van der Waals surface area contributed by atoms with Crippen molar-refractivity contribution >= 4 is 27.3 Å². The van der Waals surface area contributed by atoms with Crippen LogP contribution >= 0.6 is 27.3 Å². The molecule has 2 rings (SSSR count). The standard InChI is InChI=1S/C12H15BrN2OS/c1-7-5-14-12(16-7)9(3)15-8(2)11-4-10(13)6-17-11/h4-6,8-9,15H,1-3H3. The molecule has 17 heavy (non-hydrogen) atoms. The SMILES string of the molecule is Cc1cnc(C(C)NC(C)c2cc(Br)cs2)o1. The fourth-order valence-corrected chi connectivity index (χ4v) is 3.12. The van der Waals surface area contributed by atoms with E-state index in [0.717, 1.165) is 16.1 Å². The van der Waals surface area contributed by atoms with Gasteiger partial charge in [-0.3, -0.25) is 5.32 Å². The second-order valence-electron chi connectivity index (χ2n) is 4.09. The van der Waals surface area contributed by atoms with Gasteiger partial charge in [-0.1, -0.05) is 0 Å². The lowest BCUT2D eigenvalue weighted by Gasteiger charge is -2.16. The van der Waals surface area contributed by atoms with Crippen LogP contribution in [-0.2, 0) is 0 Å². The Morgan fingerprint density at radius 2 is 2.18 bits per heavy atom. The zero-order valence-corrected chi connectivity index (χ0v) is 12.4. The molecule has 2 unspecified atom stereocenters. The summed E-state index contributed by atoms with van der Waals surface area (Å²) in [6.45, 7) is 6.11. The van der Waals surface area contributed by atoms with Gasteiger partial charge < -0.3 is 4.42 Å². The van der Waals surface area contributed by atoms with Gasteiger partial charge in [0.1, 0.15) is 5.76 Å². The van der Waals surface area contributed by atoms with E-state index in [1.54, 1.807) is 17.5 Å². The van der Waals surface area contributed by atoms with Crippen LogP contribution in [0.3, 0.4) is 0 Å². The first-order valence-corrected chi connectivity index (χ1v) is 7.16. The van der Waals surface area contributed by atoms with Crippen molar-refractivity contribution in [2.45, 2.75) is 32.9 Å². The summed E-state index contributed by atoms with van der Waals surface area (Å²) in [6.07, 6.45) is 1.75. The van der Waals surface area contributed by atoms with Crippen LogP contribution in [0.1, 0.15) is 42.5 Å². The minimum Gasteiger partial charge on any atom is -0.444 e. The number of hydrogen-bond donors (Lipinski definition) is 1. The topological polar surface area (TPSA) is 38.1 Å². The summed E-state index contributed by atoms with van der Waals surface area (Å²) in [7, 11) is 0. The Labute approximate surface area is 113 Å². The van der Waals surface area contributed by atoms with Crippen LogP contribution in [0, 0.1) is 6.92 Å². The van der Waals surface area contributed by atoms with Crippen LogP contribution in [0.4, 0.5) is 0 Å². The Hall–Kier alpha value is -0.650. The summed E-state index contributed by atoms with van der Waals surface area (Å²) >= 11 is 5.21. The van der Waals surface area contributed by atoms with Gasteiger partial charge in [0.25, 0.3) is 0 Å². The molecule has 0 bridgehead atoms. The van der Waals surface area contributed by atoms with Gasteiger partial charge in [0.2, 0.25) is 5.89 Å². The van der Waals surface area contributed by atoms with Gasteiger partial charge in [-0.2, -0.15) is 0 Å². The molecule has 0 aliphatic heterocycles. The highest BCUT2D eigenvalue weighted by Crippen LogP contribution is 2.27. The third-order valence-electron chi connectivity index (χ3n) is 2.52. The van der Waals surface area contributed by atoms with E-state index in [2.05, 4.69) is 51.5 Å². The van der Waals surface area contributed by atoms with E-state index in [4.69, 9.17) is 4.42 Å². The molecule has 0 saturated heterocycles. The molecule has 5 heteroatoms. The molecule has 2 aromatic rings. The highest BCUT2D eigenvalue weighted by atomic mass is 79.9. The number of halogens is 1. The molecule has 2 atom stereocenters. The highest BCUT2D eigenvalue weighted by Gasteiger charge is 2.16. The number of nitrogens with zero attached hydrogens (tertiary/aromatic N) is 1. The molecule has 3 nitrogen and oxygen atoms in total. The minimum atomic E-state index is 0.111. The Balaban J connectivity index is 2.01. The van der Waals surface area contributed by atoms with E-state index in [-0.39, 0.29) is 12.1 Å². The number of nitrogens with one attached hydrogen (secondary N) is 1. The van der Waals surface area contributed by atoms with Gasteiger partial charge in [0.05, 0.1) is 12.2 Å². The van der Waals surface area contributed by atoms with Crippen molar-refractivity contribution in [1.82, 2.24) is 10.3 Å². The Kier molecular flexibility index (Phi) is 4.01.